The summed E-state index contributed by atoms with van der Waals surface area (Å²) in [6, 6.07) is 10.7. The van der Waals surface area contributed by atoms with Crippen LogP contribution in [0.3, 0.4) is 0 Å². The zero-order valence-corrected chi connectivity index (χ0v) is 15.2. The van der Waals surface area contributed by atoms with Crippen molar-refractivity contribution in [3.8, 4) is 11.4 Å². The first-order chi connectivity index (χ1) is 13.2. The van der Waals surface area contributed by atoms with Gasteiger partial charge in [0.25, 0.3) is 5.91 Å². The second kappa shape index (κ2) is 7.79. The quantitative estimate of drug-likeness (QED) is 0.724. The number of alkyl halides is 3. The molecule has 3 rings (SSSR count). The monoisotopic (exact) mass is 389 g/mol. The molecule has 3 aromatic rings. The molecular formula is C19H18F3N5O. The molecule has 28 heavy (non-hydrogen) atoms. The maximum Gasteiger partial charge on any atom is 0.433 e. The van der Waals surface area contributed by atoms with E-state index >= 15 is 0 Å². The van der Waals surface area contributed by atoms with Crippen LogP contribution in [0, 0.1) is 0 Å². The summed E-state index contributed by atoms with van der Waals surface area (Å²) in [5.74, 6) is -0.203. The number of pyridine rings is 1. The Labute approximate surface area is 159 Å². The third-order valence-electron chi connectivity index (χ3n) is 3.85. The van der Waals surface area contributed by atoms with Crippen molar-refractivity contribution in [1.82, 2.24) is 25.3 Å². The largest absolute Gasteiger partial charge is 0.433 e. The van der Waals surface area contributed by atoms with E-state index in [0.29, 0.717) is 11.1 Å². The molecule has 1 aromatic carbocycles. The first kappa shape index (κ1) is 19.5. The lowest BCUT2D eigenvalue weighted by molar-refractivity contribution is -0.141. The molecule has 6 nitrogen and oxygen atoms in total. The molecule has 1 amide bonds. The van der Waals surface area contributed by atoms with Crippen molar-refractivity contribution in [1.29, 1.82) is 0 Å². The predicted molar refractivity (Wildman–Crippen MR) is 96.4 cm³/mol. The molecule has 1 N–H and O–H groups in total. The van der Waals surface area contributed by atoms with Gasteiger partial charge in [-0.2, -0.15) is 13.2 Å². The maximum absolute atomic E-state index is 12.8. The van der Waals surface area contributed by atoms with Crippen LogP contribution in [0.4, 0.5) is 13.2 Å². The third-order valence-corrected chi connectivity index (χ3v) is 3.85. The van der Waals surface area contributed by atoms with Gasteiger partial charge in [0, 0.05) is 11.6 Å². The Morgan fingerprint density at radius 3 is 2.57 bits per heavy atom. The van der Waals surface area contributed by atoms with Gasteiger partial charge >= 0.3 is 6.18 Å². The first-order valence-electron chi connectivity index (χ1n) is 8.57. The summed E-state index contributed by atoms with van der Waals surface area (Å²) in [6.45, 7) is 3.98. The van der Waals surface area contributed by atoms with Gasteiger partial charge in [-0.3, -0.25) is 4.79 Å². The Balaban J connectivity index is 1.84. The van der Waals surface area contributed by atoms with E-state index in [-0.39, 0.29) is 29.9 Å². The van der Waals surface area contributed by atoms with E-state index in [0.717, 1.165) is 6.07 Å². The van der Waals surface area contributed by atoms with Crippen molar-refractivity contribution in [2.45, 2.75) is 32.6 Å². The highest BCUT2D eigenvalue weighted by Crippen LogP contribution is 2.28. The van der Waals surface area contributed by atoms with Crippen molar-refractivity contribution >= 4 is 5.91 Å². The number of benzene rings is 1. The van der Waals surface area contributed by atoms with E-state index in [9.17, 15) is 18.0 Å². The second-order valence-corrected chi connectivity index (χ2v) is 6.49. The van der Waals surface area contributed by atoms with E-state index < -0.39 is 11.9 Å². The van der Waals surface area contributed by atoms with Crippen molar-refractivity contribution in [2.24, 2.45) is 0 Å². The van der Waals surface area contributed by atoms with E-state index in [4.69, 9.17) is 0 Å². The predicted octanol–water partition coefficient (Wildman–Crippen LogP) is 3.55. The van der Waals surface area contributed by atoms with Crippen molar-refractivity contribution in [2.75, 3.05) is 0 Å². The minimum Gasteiger partial charge on any atom is -0.350 e. The van der Waals surface area contributed by atoms with Crippen molar-refractivity contribution in [3.05, 3.63) is 65.5 Å². The number of hydrogen-bond acceptors (Lipinski definition) is 4. The summed E-state index contributed by atoms with van der Waals surface area (Å²) in [5.41, 5.74) is 0.525. The summed E-state index contributed by atoms with van der Waals surface area (Å²) in [7, 11) is 0. The van der Waals surface area contributed by atoms with Crippen LogP contribution in [0.1, 0.15) is 35.5 Å². The van der Waals surface area contributed by atoms with Crippen LogP contribution < -0.4 is 5.32 Å². The Morgan fingerprint density at radius 1 is 1.11 bits per heavy atom. The number of halogens is 3. The van der Waals surface area contributed by atoms with Crippen molar-refractivity contribution < 1.29 is 18.0 Å². The summed E-state index contributed by atoms with van der Waals surface area (Å²) < 4.78 is 40.0. The lowest BCUT2D eigenvalue weighted by atomic mass is 10.1. The average Bonchev–Trinajstić information content (AvgIpc) is 3.09. The minimum atomic E-state index is -4.53. The normalized spacial score (nSPS) is 11.6. The van der Waals surface area contributed by atoms with Gasteiger partial charge in [0.05, 0.1) is 18.4 Å². The SMILES string of the molecule is CC(C)NC(=O)c1ccccc1Cn1cc(-c2cccc(C(F)(F)F)n2)nn1. The molecule has 146 valence electrons. The molecule has 0 aliphatic heterocycles. The Hall–Kier alpha value is -3.23. The van der Waals surface area contributed by atoms with E-state index in [1.807, 2.05) is 13.8 Å². The molecule has 0 radical (unpaired) electrons. The van der Waals surface area contributed by atoms with Gasteiger partial charge in [0.15, 0.2) is 0 Å². The van der Waals surface area contributed by atoms with Crippen LogP contribution in [0.2, 0.25) is 0 Å². The number of hydrogen-bond donors (Lipinski definition) is 1. The number of nitrogens with zero attached hydrogens (tertiary/aromatic N) is 4. The van der Waals surface area contributed by atoms with E-state index in [1.165, 1.54) is 23.0 Å². The lowest BCUT2D eigenvalue weighted by Gasteiger charge is -2.12. The number of nitrogens with one attached hydrogen (secondary N) is 1. The smallest absolute Gasteiger partial charge is 0.350 e. The summed E-state index contributed by atoms with van der Waals surface area (Å²) in [5, 5.41) is 10.7. The van der Waals surface area contributed by atoms with Crippen LogP contribution in [-0.2, 0) is 12.7 Å². The molecule has 0 atom stereocenters. The molecule has 2 aromatic heterocycles. The summed E-state index contributed by atoms with van der Waals surface area (Å²) in [6.07, 6.45) is -3.03. The van der Waals surface area contributed by atoms with Gasteiger partial charge in [-0.1, -0.05) is 29.5 Å². The Morgan fingerprint density at radius 2 is 1.86 bits per heavy atom. The molecule has 9 heteroatoms. The molecule has 0 aliphatic carbocycles. The number of rotatable bonds is 5. The third kappa shape index (κ3) is 4.54. The number of carbonyl (C=O) groups is 1. The molecule has 0 bridgehead atoms. The van der Waals surface area contributed by atoms with Gasteiger partial charge in [-0.15, -0.1) is 5.10 Å². The summed E-state index contributed by atoms with van der Waals surface area (Å²) in [4.78, 5) is 16.0. The molecule has 0 spiro atoms. The average molecular weight is 389 g/mol. The van der Waals surface area contributed by atoms with Crippen LogP contribution in [-0.4, -0.2) is 31.9 Å². The van der Waals surface area contributed by atoms with Crippen LogP contribution in [0.15, 0.2) is 48.7 Å². The van der Waals surface area contributed by atoms with Crippen LogP contribution >= 0.6 is 0 Å². The molecule has 2 heterocycles. The van der Waals surface area contributed by atoms with Gasteiger partial charge in [-0.25, -0.2) is 9.67 Å². The molecule has 0 fully saturated rings. The van der Waals surface area contributed by atoms with Gasteiger partial charge in [0.1, 0.15) is 11.4 Å². The second-order valence-electron chi connectivity index (χ2n) is 6.49. The zero-order valence-electron chi connectivity index (χ0n) is 15.2. The summed E-state index contributed by atoms with van der Waals surface area (Å²) >= 11 is 0. The van der Waals surface area contributed by atoms with Crippen molar-refractivity contribution in [3.63, 3.8) is 0 Å². The Bertz CT molecular complexity index is 981. The lowest BCUT2D eigenvalue weighted by Crippen LogP contribution is -2.31. The molecule has 0 aliphatic rings. The van der Waals surface area contributed by atoms with Gasteiger partial charge in [-0.05, 0) is 37.6 Å². The molecule has 0 saturated carbocycles. The highest BCUT2D eigenvalue weighted by Gasteiger charge is 2.32. The topological polar surface area (TPSA) is 72.7 Å². The fourth-order valence-corrected chi connectivity index (χ4v) is 2.62. The molecular weight excluding hydrogens is 371 g/mol. The minimum absolute atomic E-state index is 0.00878. The number of carbonyl (C=O) groups excluding carboxylic acids is 1. The van der Waals surface area contributed by atoms with Crippen LogP contribution in [0.5, 0.6) is 0 Å². The van der Waals surface area contributed by atoms with Gasteiger partial charge < -0.3 is 5.32 Å². The number of aromatic nitrogens is 4. The fraction of sp³-hybridized carbons (Fsp3) is 0.263. The van der Waals surface area contributed by atoms with E-state index in [2.05, 4.69) is 20.6 Å². The highest BCUT2D eigenvalue weighted by atomic mass is 19.4. The van der Waals surface area contributed by atoms with Gasteiger partial charge in [0.2, 0.25) is 0 Å². The maximum atomic E-state index is 12.8. The molecule has 0 unspecified atom stereocenters. The van der Waals surface area contributed by atoms with Crippen LogP contribution in [0.25, 0.3) is 11.4 Å². The first-order valence-corrected chi connectivity index (χ1v) is 8.57. The number of amides is 1. The standard InChI is InChI=1S/C19H18F3N5O/c1-12(2)23-18(28)14-7-4-3-6-13(14)10-27-11-16(25-26-27)15-8-5-9-17(24-15)19(20,21)22/h3-9,11-12H,10H2,1-2H3,(H,23,28). The Kier molecular flexibility index (Phi) is 5.43. The zero-order chi connectivity index (χ0) is 20.3. The highest BCUT2D eigenvalue weighted by molar-refractivity contribution is 5.95. The fourth-order valence-electron chi connectivity index (χ4n) is 2.62. The van der Waals surface area contributed by atoms with E-state index in [1.54, 1.807) is 24.3 Å². The molecule has 0 saturated heterocycles.